The quantitative estimate of drug-likeness (QED) is 0.767. The molecule has 1 aromatic rings. The Labute approximate surface area is 148 Å². The van der Waals surface area contributed by atoms with Crippen LogP contribution < -0.4 is 0 Å². The minimum Gasteiger partial charge on any atom is -0.378 e. The summed E-state index contributed by atoms with van der Waals surface area (Å²) in [5.41, 5.74) is 0.729. The molecule has 6 nitrogen and oxygen atoms in total. The Bertz CT molecular complexity index is 716. The number of hydrogen-bond donors (Lipinski definition) is 0. The number of ether oxygens (including phenoxy) is 1. The molecule has 0 spiro atoms. The molecule has 24 heavy (non-hydrogen) atoms. The first-order valence-electron chi connectivity index (χ1n) is 7.41. The number of carbonyl (C=O) groups excluding carboxylic acids is 3. The van der Waals surface area contributed by atoms with Gasteiger partial charge in [0, 0.05) is 18.1 Å². The van der Waals surface area contributed by atoms with E-state index in [9.17, 15) is 14.4 Å². The van der Waals surface area contributed by atoms with Gasteiger partial charge >= 0.3 is 0 Å². The second-order valence-corrected chi connectivity index (χ2v) is 6.75. The normalized spacial score (nSPS) is 20.1. The van der Waals surface area contributed by atoms with Crippen LogP contribution in [0.4, 0.5) is 4.79 Å². The summed E-state index contributed by atoms with van der Waals surface area (Å²) in [7, 11) is 0. The Morgan fingerprint density at radius 2 is 2.04 bits per heavy atom. The highest BCUT2D eigenvalue weighted by Crippen LogP contribution is 2.32. The van der Waals surface area contributed by atoms with Gasteiger partial charge in [-0.1, -0.05) is 23.7 Å². The summed E-state index contributed by atoms with van der Waals surface area (Å²) >= 11 is 6.75. The number of rotatable bonds is 3. The van der Waals surface area contributed by atoms with E-state index in [1.54, 1.807) is 35.2 Å². The Morgan fingerprint density at radius 1 is 1.29 bits per heavy atom. The van der Waals surface area contributed by atoms with Gasteiger partial charge in [0.05, 0.1) is 18.1 Å². The third-order valence-electron chi connectivity index (χ3n) is 3.68. The van der Waals surface area contributed by atoms with Crippen LogP contribution in [0.5, 0.6) is 0 Å². The maximum absolute atomic E-state index is 12.4. The summed E-state index contributed by atoms with van der Waals surface area (Å²) < 4.78 is 5.19. The first-order valence-corrected chi connectivity index (χ1v) is 8.60. The largest absolute Gasteiger partial charge is 0.378 e. The van der Waals surface area contributed by atoms with E-state index in [0.29, 0.717) is 31.3 Å². The highest BCUT2D eigenvalue weighted by Gasteiger charge is 2.37. The number of hydrogen-bond acceptors (Lipinski definition) is 5. The van der Waals surface area contributed by atoms with Crippen molar-refractivity contribution in [3.05, 3.63) is 39.8 Å². The topological polar surface area (TPSA) is 66.9 Å². The second kappa shape index (κ2) is 7.38. The highest BCUT2D eigenvalue weighted by atomic mass is 35.5. The molecule has 0 unspecified atom stereocenters. The smallest absolute Gasteiger partial charge is 0.294 e. The van der Waals surface area contributed by atoms with E-state index in [1.165, 1.54) is 0 Å². The lowest BCUT2D eigenvalue weighted by Gasteiger charge is -2.28. The van der Waals surface area contributed by atoms with E-state index in [2.05, 4.69) is 0 Å². The van der Waals surface area contributed by atoms with Crippen LogP contribution in [0.3, 0.4) is 0 Å². The van der Waals surface area contributed by atoms with Gasteiger partial charge < -0.3 is 9.64 Å². The molecule has 0 bridgehead atoms. The van der Waals surface area contributed by atoms with Gasteiger partial charge in [-0.25, -0.2) is 0 Å². The van der Waals surface area contributed by atoms with Crippen LogP contribution in [0, 0.1) is 0 Å². The molecule has 3 rings (SSSR count). The van der Waals surface area contributed by atoms with Crippen molar-refractivity contribution in [3.8, 4) is 0 Å². The lowest BCUT2D eigenvalue weighted by atomic mass is 10.2. The van der Waals surface area contributed by atoms with Gasteiger partial charge in [-0.15, -0.1) is 0 Å². The number of thioether (sulfide) groups is 1. The van der Waals surface area contributed by atoms with Crippen molar-refractivity contribution in [2.75, 3.05) is 32.8 Å². The first-order chi connectivity index (χ1) is 11.5. The summed E-state index contributed by atoms with van der Waals surface area (Å²) in [5, 5.41) is 0.111. The van der Waals surface area contributed by atoms with Gasteiger partial charge in [0.25, 0.3) is 11.1 Å². The third-order valence-corrected chi connectivity index (χ3v) is 4.82. The van der Waals surface area contributed by atoms with Crippen molar-refractivity contribution in [3.63, 3.8) is 0 Å². The highest BCUT2D eigenvalue weighted by molar-refractivity contribution is 8.18. The van der Waals surface area contributed by atoms with Crippen LogP contribution in [0.25, 0.3) is 6.08 Å². The van der Waals surface area contributed by atoms with E-state index in [4.69, 9.17) is 16.3 Å². The minimum atomic E-state index is -0.452. The molecule has 3 amide bonds. The van der Waals surface area contributed by atoms with Crippen LogP contribution >= 0.6 is 23.4 Å². The second-order valence-electron chi connectivity index (χ2n) is 5.32. The zero-order valence-corrected chi connectivity index (χ0v) is 14.3. The molecule has 2 heterocycles. The number of carbonyl (C=O) groups is 3. The van der Waals surface area contributed by atoms with Crippen molar-refractivity contribution >= 4 is 46.5 Å². The summed E-state index contributed by atoms with van der Waals surface area (Å²) in [4.78, 5) is 39.6. The molecular weight excluding hydrogens is 352 g/mol. The van der Waals surface area contributed by atoms with Crippen molar-refractivity contribution < 1.29 is 19.1 Å². The Balaban J connectivity index is 1.71. The number of amides is 3. The molecule has 8 heteroatoms. The molecule has 2 aliphatic heterocycles. The maximum Gasteiger partial charge on any atom is 0.294 e. The zero-order chi connectivity index (χ0) is 17.1. The van der Waals surface area contributed by atoms with Crippen molar-refractivity contribution in [2.24, 2.45) is 0 Å². The minimum absolute atomic E-state index is 0.239. The van der Waals surface area contributed by atoms with Crippen LogP contribution in [-0.2, 0) is 14.3 Å². The summed E-state index contributed by atoms with van der Waals surface area (Å²) in [6, 6.07) is 6.99. The van der Waals surface area contributed by atoms with Gasteiger partial charge in [0.15, 0.2) is 0 Å². The number of morpholine rings is 1. The van der Waals surface area contributed by atoms with Gasteiger partial charge in [0.2, 0.25) is 5.91 Å². The van der Waals surface area contributed by atoms with E-state index in [-0.39, 0.29) is 17.4 Å². The third kappa shape index (κ3) is 3.80. The predicted molar refractivity (Wildman–Crippen MR) is 91.5 cm³/mol. The Hall–Kier alpha value is -1.83. The number of imide groups is 1. The van der Waals surface area contributed by atoms with Gasteiger partial charge in [-0.3, -0.25) is 19.3 Å². The van der Waals surface area contributed by atoms with Gasteiger partial charge in [0.1, 0.15) is 6.54 Å². The summed E-state index contributed by atoms with van der Waals surface area (Å²) in [6.07, 6.45) is 1.61. The molecule has 2 aliphatic rings. The zero-order valence-electron chi connectivity index (χ0n) is 12.7. The van der Waals surface area contributed by atoms with Crippen molar-refractivity contribution in [1.29, 1.82) is 0 Å². The molecular formula is C16H15ClN2O4S. The number of nitrogens with zero attached hydrogens (tertiary/aromatic N) is 2. The molecule has 0 saturated carbocycles. The van der Waals surface area contributed by atoms with E-state index in [0.717, 1.165) is 22.2 Å². The maximum atomic E-state index is 12.4. The SMILES string of the molecule is O=C(CN1C(=O)SC(=Cc2cccc(Cl)c2)C1=O)N1CCOCC1. The fourth-order valence-corrected chi connectivity index (χ4v) is 3.47. The Kier molecular flexibility index (Phi) is 5.23. The standard InChI is InChI=1S/C16H15ClN2O4S/c17-12-3-1-2-11(8-12)9-13-15(21)19(16(22)24-13)10-14(20)18-4-6-23-7-5-18/h1-3,8-9H,4-7,10H2. The summed E-state index contributed by atoms with van der Waals surface area (Å²) in [5.74, 6) is -0.698. The lowest BCUT2D eigenvalue weighted by molar-refractivity contribution is -0.139. The lowest BCUT2D eigenvalue weighted by Crippen LogP contribution is -2.46. The van der Waals surface area contributed by atoms with Gasteiger partial charge in [-0.2, -0.15) is 0 Å². The van der Waals surface area contributed by atoms with Gasteiger partial charge in [-0.05, 0) is 35.5 Å². The molecule has 2 fully saturated rings. The van der Waals surface area contributed by atoms with E-state index in [1.807, 2.05) is 0 Å². The van der Waals surface area contributed by atoms with Crippen LogP contribution in [0.1, 0.15) is 5.56 Å². The monoisotopic (exact) mass is 366 g/mol. The molecule has 0 radical (unpaired) electrons. The number of benzene rings is 1. The molecule has 0 N–H and O–H groups in total. The predicted octanol–water partition coefficient (Wildman–Crippen LogP) is 2.24. The molecule has 0 aliphatic carbocycles. The molecule has 0 atom stereocenters. The molecule has 1 aromatic carbocycles. The van der Waals surface area contributed by atoms with E-state index >= 15 is 0 Å². The van der Waals surface area contributed by atoms with Crippen molar-refractivity contribution in [2.45, 2.75) is 0 Å². The molecule has 2 saturated heterocycles. The van der Waals surface area contributed by atoms with Crippen LogP contribution in [0.15, 0.2) is 29.2 Å². The average molecular weight is 367 g/mol. The van der Waals surface area contributed by atoms with Crippen molar-refractivity contribution in [1.82, 2.24) is 9.80 Å². The first kappa shape index (κ1) is 17.0. The van der Waals surface area contributed by atoms with Crippen LogP contribution in [0.2, 0.25) is 5.02 Å². The average Bonchev–Trinajstić information content (AvgIpc) is 2.83. The molecule has 0 aromatic heterocycles. The Morgan fingerprint density at radius 3 is 2.75 bits per heavy atom. The fourth-order valence-electron chi connectivity index (χ4n) is 2.43. The van der Waals surface area contributed by atoms with E-state index < -0.39 is 11.1 Å². The van der Waals surface area contributed by atoms with Crippen LogP contribution in [-0.4, -0.2) is 59.7 Å². The molecule has 126 valence electrons. The fraction of sp³-hybridized carbons (Fsp3) is 0.312. The number of halogens is 1. The summed E-state index contributed by atoms with van der Waals surface area (Å²) in [6.45, 7) is 1.67.